The number of nitrogens with one attached hydrogen (secondary N) is 1. The van der Waals surface area contributed by atoms with Crippen molar-refractivity contribution in [2.75, 3.05) is 32.1 Å². The van der Waals surface area contributed by atoms with E-state index in [1.54, 1.807) is 19.1 Å². The van der Waals surface area contributed by atoms with Crippen LogP contribution in [-0.2, 0) is 19.1 Å². The van der Waals surface area contributed by atoms with Gasteiger partial charge in [0.1, 0.15) is 5.70 Å². The zero-order valence-electron chi connectivity index (χ0n) is 15.6. The van der Waals surface area contributed by atoms with Gasteiger partial charge in [-0.25, -0.2) is 4.79 Å². The average Bonchev–Trinajstić information content (AvgIpc) is 2.97. The first-order valence-corrected chi connectivity index (χ1v) is 8.63. The number of rotatable bonds is 9. The first-order valence-electron chi connectivity index (χ1n) is 8.63. The molecule has 150 valence electrons. The molecule has 1 aromatic rings. The molecule has 1 heterocycles. The minimum atomic E-state index is -1.05. The summed E-state index contributed by atoms with van der Waals surface area (Å²) in [6.07, 6.45) is -0.261. The molecule has 1 atom stereocenters. The molecule has 0 saturated carbocycles. The molecule has 2 rings (SSSR count). The number of ketones is 1. The van der Waals surface area contributed by atoms with Gasteiger partial charge in [-0.05, 0) is 24.3 Å². The van der Waals surface area contributed by atoms with Crippen molar-refractivity contribution in [2.45, 2.75) is 13.3 Å². The lowest BCUT2D eigenvalue weighted by Crippen LogP contribution is -2.31. The first-order chi connectivity index (χ1) is 13.3. The van der Waals surface area contributed by atoms with Gasteiger partial charge in [0.05, 0.1) is 32.3 Å². The Kier molecular flexibility index (Phi) is 6.89. The van der Waals surface area contributed by atoms with Gasteiger partial charge in [0, 0.05) is 23.7 Å². The third kappa shape index (κ3) is 4.74. The number of Topliss-reactive ketones (excluding diaryl/α,β-unsaturated/α-hetero) is 1. The van der Waals surface area contributed by atoms with Crippen LogP contribution < -0.4 is 5.32 Å². The number of carbonyl (C=O) groups is 4. The molecule has 1 aliphatic rings. The molecule has 0 radical (unpaired) electrons. The maximum atomic E-state index is 12.5. The standard InChI is InChI=1S/C19H22N2O7/c1-11(9-15(23)24)17(25)12-3-5-13(6-4-12)20-16-14(19(27)28-2)10-21(7-8-22)18(16)26/h3-6,11,20,22H,7-10H2,1-2H3,(H,23,24). The number of aliphatic carboxylic acids is 1. The number of carboxylic acid groups (broad SMARTS) is 1. The third-order valence-electron chi connectivity index (χ3n) is 4.32. The van der Waals surface area contributed by atoms with Crippen LogP contribution in [0.5, 0.6) is 0 Å². The Morgan fingerprint density at radius 3 is 2.43 bits per heavy atom. The maximum Gasteiger partial charge on any atom is 0.337 e. The molecule has 3 N–H and O–H groups in total. The zero-order valence-corrected chi connectivity index (χ0v) is 15.6. The van der Waals surface area contributed by atoms with Crippen molar-refractivity contribution in [2.24, 2.45) is 5.92 Å². The molecule has 1 aliphatic heterocycles. The van der Waals surface area contributed by atoms with Crippen molar-refractivity contribution in [1.82, 2.24) is 4.90 Å². The van der Waals surface area contributed by atoms with Crippen molar-refractivity contribution in [3.8, 4) is 0 Å². The highest BCUT2D eigenvalue weighted by Gasteiger charge is 2.34. The summed E-state index contributed by atoms with van der Waals surface area (Å²) in [6, 6.07) is 6.16. The summed E-state index contributed by atoms with van der Waals surface area (Å²) in [6.45, 7) is 1.42. The molecular weight excluding hydrogens is 368 g/mol. The molecule has 0 bridgehead atoms. The number of carboxylic acids is 1. The SMILES string of the molecule is COC(=O)C1=C(Nc2ccc(C(=O)C(C)CC(=O)O)cc2)C(=O)N(CCO)C1. The molecule has 0 spiro atoms. The van der Waals surface area contributed by atoms with Gasteiger partial charge in [0.25, 0.3) is 5.91 Å². The zero-order chi connectivity index (χ0) is 20.8. The number of aliphatic hydroxyl groups excluding tert-OH is 1. The van der Waals surface area contributed by atoms with Gasteiger partial charge < -0.3 is 25.2 Å². The summed E-state index contributed by atoms with van der Waals surface area (Å²) in [5, 5.41) is 20.7. The predicted octanol–water partition coefficient (Wildman–Crippen LogP) is 0.654. The topological polar surface area (TPSA) is 133 Å². The number of amides is 1. The first kappa shape index (κ1) is 21.1. The molecule has 1 aromatic carbocycles. The smallest absolute Gasteiger partial charge is 0.337 e. The molecule has 1 unspecified atom stereocenters. The maximum absolute atomic E-state index is 12.5. The molecule has 0 saturated heterocycles. The number of anilines is 1. The van der Waals surface area contributed by atoms with Crippen LogP contribution in [0.25, 0.3) is 0 Å². The van der Waals surface area contributed by atoms with E-state index in [0.717, 1.165) is 0 Å². The van der Waals surface area contributed by atoms with Crippen molar-refractivity contribution in [3.05, 3.63) is 41.1 Å². The number of nitrogens with zero attached hydrogens (tertiary/aromatic N) is 1. The second kappa shape index (κ2) is 9.14. The highest BCUT2D eigenvalue weighted by molar-refractivity contribution is 6.08. The van der Waals surface area contributed by atoms with Gasteiger partial charge in [-0.1, -0.05) is 6.92 Å². The predicted molar refractivity (Wildman–Crippen MR) is 98.5 cm³/mol. The third-order valence-corrected chi connectivity index (χ3v) is 4.32. The number of ether oxygens (including phenoxy) is 1. The van der Waals surface area contributed by atoms with Crippen LogP contribution in [0.15, 0.2) is 35.5 Å². The van der Waals surface area contributed by atoms with Crippen LogP contribution in [0.3, 0.4) is 0 Å². The van der Waals surface area contributed by atoms with Gasteiger partial charge in [0.15, 0.2) is 5.78 Å². The fraction of sp³-hybridized carbons (Fsp3) is 0.368. The van der Waals surface area contributed by atoms with Crippen LogP contribution in [0.2, 0.25) is 0 Å². The van der Waals surface area contributed by atoms with Crippen molar-refractivity contribution in [1.29, 1.82) is 0 Å². The second-order valence-corrected chi connectivity index (χ2v) is 6.36. The van der Waals surface area contributed by atoms with E-state index in [-0.39, 0.29) is 43.2 Å². The molecule has 9 heteroatoms. The van der Waals surface area contributed by atoms with E-state index >= 15 is 0 Å². The summed E-state index contributed by atoms with van der Waals surface area (Å²) in [7, 11) is 1.21. The molecule has 0 fully saturated rings. The van der Waals surface area contributed by atoms with E-state index in [4.69, 9.17) is 14.9 Å². The van der Waals surface area contributed by atoms with Gasteiger partial charge >= 0.3 is 11.9 Å². The lowest BCUT2D eigenvalue weighted by molar-refractivity contribution is -0.138. The Hall–Kier alpha value is -3.20. The molecule has 0 aliphatic carbocycles. The number of hydrogen-bond donors (Lipinski definition) is 3. The van der Waals surface area contributed by atoms with Crippen LogP contribution in [0, 0.1) is 5.92 Å². The van der Waals surface area contributed by atoms with Gasteiger partial charge in [-0.2, -0.15) is 0 Å². The van der Waals surface area contributed by atoms with Crippen LogP contribution in [0.4, 0.5) is 5.69 Å². The summed E-state index contributed by atoms with van der Waals surface area (Å²) in [4.78, 5) is 48.8. The Labute approximate surface area is 161 Å². The molecule has 0 aromatic heterocycles. The fourth-order valence-corrected chi connectivity index (χ4v) is 2.85. The molecule has 1 amide bonds. The normalized spacial score (nSPS) is 14.8. The Morgan fingerprint density at radius 2 is 1.89 bits per heavy atom. The van der Waals surface area contributed by atoms with E-state index in [0.29, 0.717) is 11.3 Å². The Bertz CT molecular complexity index is 814. The minimum absolute atomic E-state index is 0.0255. The summed E-state index contributed by atoms with van der Waals surface area (Å²) < 4.78 is 4.71. The largest absolute Gasteiger partial charge is 0.481 e. The van der Waals surface area contributed by atoms with Crippen molar-refractivity contribution >= 4 is 29.3 Å². The fourth-order valence-electron chi connectivity index (χ4n) is 2.85. The number of aliphatic hydroxyl groups is 1. The number of benzene rings is 1. The highest BCUT2D eigenvalue weighted by Crippen LogP contribution is 2.23. The van der Waals surface area contributed by atoms with E-state index in [1.165, 1.54) is 24.1 Å². The monoisotopic (exact) mass is 390 g/mol. The van der Waals surface area contributed by atoms with Gasteiger partial charge in [-0.3, -0.25) is 14.4 Å². The second-order valence-electron chi connectivity index (χ2n) is 6.36. The lowest BCUT2D eigenvalue weighted by atomic mass is 9.96. The van der Waals surface area contributed by atoms with Crippen LogP contribution in [-0.4, -0.2) is 65.5 Å². The highest BCUT2D eigenvalue weighted by atomic mass is 16.5. The van der Waals surface area contributed by atoms with Crippen LogP contribution >= 0.6 is 0 Å². The summed E-state index contributed by atoms with van der Waals surface area (Å²) in [5.74, 6) is -3.09. The quantitative estimate of drug-likeness (QED) is 0.414. The van der Waals surface area contributed by atoms with Crippen molar-refractivity contribution < 1.29 is 34.1 Å². The number of esters is 1. The molecular formula is C19H22N2O7. The van der Waals surface area contributed by atoms with E-state index in [1.807, 2.05) is 0 Å². The molecule has 9 nitrogen and oxygen atoms in total. The minimum Gasteiger partial charge on any atom is -0.481 e. The summed E-state index contributed by atoms with van der Waals surface area (Å²) >= 11 is 0. The Morgan fingerprint density at radius 1 is 1.25 bits per heavy atom. The Balaban J connectivity index is 2.19. The molecule has 28 heavy (non-hydrogen) atoms. The van der Waals surface area contributed by atoms with E-state index in [9.17, 15) is 19.2 Å². The van der Waals surface area contributed by atoms with Gasteiger partial charge in [-0.15, -0.1) is 0 Å². The number of methoxy groups -OCH3 is 1. The average molecular weight is 390 g/mol. The van der Waals surface area contributed by atoms with Crippen LogP contribution in [0.1, 0.15) is 23.7 Å². The van der Waals surface area contributed by atoms with E-state index < -0.39 is 23.8 Å². The van der Waals surface area contributed by atoms with Gasteiger partial charge in [0.2, 0.25) is 0 Å². The number of hydrogen-bond acceptors (Lipinski definition) is 7. The van der Waals surface area contributed by atoms with Crippen molar-refractivity contribution in [3.63, 3.8) is 0 Å². The van der Waals surface area contributed by atoms with E-state index in [2.05, 4.69) is 5.32 Å². The number of carbonyl (C=O) groups excluding carboxylic acids is 3. The lowest BCUT2D eigenvalue weighted by Gasteiger charge is -2.15. The summed E-state index contributed by atoms with van der Waals surface area (Å²) in [5.41, 5.74) is 1.02. The number of β-amino-alcohol motifs (C(OH)–C–C–N with tert-alkyl or cyclic N) is 1.